The summed E-state index contributed by atoms with van der Waals surface area (Å²) in [6.07, 6.45) is 0. The summed E-state index contributed by atoms with van der Waals surface area (Å²) in [5.74, 6) is 0. The molecule has 0 unspecified atom stereocenters. The summed E-state index contributed by atoms with van der Waals surface area (Å²) in [6, 6.07) is 50.6. The molecule has 0 amide bonds. The molecule has 11 rings (SSSR count). The summed E-state index contributed by atoms with van der Waals surface area (Å²) in [4.78, 5) is 0. The van der Waals surface area contributed by atoms with Crippen LogP contribution < -0.4 is 0 Å². The number of aryl methyl sites for hydroxylation is 2. The summed E-state index contributed by atoms with van der Waals surface area (Å²) in [5.41, 5.74) is 13.3. The van der Waals surface area contributed by atoms with Gasteiger partial charge in [-0.1, -0.05) is 0 Å². The second kappa shape index (κ2) is 12.1. The van der Waals surface area contributed by atoms with Crippen molar-refractivity contribution in [3.8, 4) is 44.5 Å². The number of hydrogen-bond donors (Lipinski definition) is 0. The molecule has 0 fully saturated rings. The van der Waals surface area contributed by atoms with E-state index in [4.69, 9.17) is 0 Å². The predicted molar refractivity (Wildman–Crippen MR) is 235 cm³/mol. The van der Waals surface area contributed by atoms with Crippen LogP contribution in [-0.2, 0) is 0 Å². The summed E-state index contributed by atoms with van der Waals surface area (Å²) in [5, 5.41) is 22.5. The standard InChI is InChI=1S/C50H32S2Se/c1-29-25-51-27-42(29)48-34-14-5-3-12-32(34)46(33-13-4-6-15-35(33)48)31-22-23-44-41(24-31)50-40(20-11-21-45(50)53-44)47-36-16-7-9-18-38(36)49(43-28-52-26-30(43)2)39-19-10-8-17-37(39)47/h3-28H,1-2H3. The van der Waals surface area contributed by atoms with Crippen LogP contribution in [0.1, 0.15) is 11.1 Å². The van der Waals surface area contributed by atoms with Crippen LogP contribution in [-0.4, -0.2) is 14.5 Å². The molecule has 3 aromatic heterocycles. The van der Waals surface area contributed by atoms with E-state index in [1.54, 1.807) is 22.7 Å². The third-order valence-electron chi connectivity index (χ3n) is 11.2. The van der Waals surface area contributed by atoms with E-state index >= 15 is 0 Å². The molecule has 0 aliphatic heterocycles. The topological polar surface area (TPSA) is 0 Å². The molecule has 0 aliphatic rings. The number of benzene rings is 8. The summed E-state index contributed by atoms with van der Waals surface area (Å²) in [7, 11) is 0. The molecular weight excluding hydrogens is 744 g/mol. The van der Waals surface area contributed by atoms with Crippen molar-refractivity contribution < 1.29 is 0 Å². The maximum absolute atomic E-state index is 2.52. The van der Waals surface area contributed by atoms with Gasteiger partial charge in [-0.25, -0.2) is 0 Å². The molecule has 11 aromatic rings. The van der Waals surface area contributed by atoms with Crippen molar-refractivity contribution in [2.45, 2.75) is 13.8 Å². The van der Waals surface area contributed by atoms with E-state index in [0.717, 1.165) is 0 Å². The average molecular weight is 776 g/mol. The van der Waals surface area contributed by atoms with Crippen molar-refractivity contribution >= 4 is 99.6 Å². The molecule has 0 N–H and O–H groups in total. The van der Waals surface area contributed by atoms with E-state index in [2.05, 4.69) is 169 Å². The van der Waals surface area contributed by atoms with Crippen LogP contribution in [0.25, 0.3) is 107 Å². The van der Waals surface area contributed by atoms with E-state index in [0.29, 0.717) is 0 Å². The van der Waals surface area contributed by atoms with Gasteiger partial charge in [0.05, 0.1) is 0 Å². The minimum atomic E-state index is 0.225. The molecule has 0 radical (unpaired) electrons. The van der Waals surface area contributed by atoms with Crippen LogP contribution in [0, 0.1) is 13.8 Å². The van der Waals surface area contributed by atoms with Gasteiger partial charge in [-0.2, -0.15) is 0 Å². The van der Waals surface area contributed by atoms with Gasteiger partial charge in [0.2, 0.25) is 0 Å². The van der Waals surface area contributed by atoms with Gasteiger partial charge in [0, 0.05) is 0 Å². The molecule has 250 valence electrons. The van der Waals surface area contributed by atoms with E-state index in [1.807, 2.05) is 0 Å². The van der Waals surface area contributed by atoms with Gasteiger partial charge in [0.15, 0.2) is 0 Å². The Labute approximate surface area is 322 Å². The fourth-order valence-electron chi connectivity index (χ4n) is 8.86. The Morgan fingerprint density at radius 3 is 1.23 bits per heavy atom. The first-order chi connectivity index (χ1) is 26.2. The molecule has 0 atom stereocenters. The zero-order valence-electron chi connectivity index (χ0n) is 29.2. The molecule has 0 saturated heterocycles. The van der Waals surface area contributed by atoms with Gasteiger partial charge in [-0.3, -0.25) is 0 Å². The average Bonchev–Trinajstić information content (AvgIpc) is 3.93. The summed E-state index contributed by atoms with van der Waals surface area (Å²) < 4.78 is 2.92. The summed E-state index contributed by atoms with van der Waals surface area (Å²) >= 11 is 3.81. The maximum atomic E-state index is 2.52. The third kappa shape index (κ3) is 4.65. The Balaban J connectivity index is 1.23. The number of thiophene rings is 2. The first-order valence-electron chi connectivity index (χ1n) is 18.0. The van der Waals surface area contributed by atoms with Gasteiger partial charge in [-0.15, -0.1) is 0 Å². The minimum absolute atomic E-state index is 0.225. The Morgan fingerprint density at radius 2 is 0.792 bits per heavy atom. The Bertz CT molecular complexity index is 3150. The van der Waals surface area contributed by atoms with Gasteiger partial charge >= 0.3 is 324 Å². The van der Waals surface area contributed by atoms with E-state index in [1.165, 1.54) is 118 Å². The van der Waals surface area contributed by atoms with E-state index in [9.17, 15) is 0 Å². The second-order valence-corrected chi connectivity index (χ2v) is 17.9. The number of fused-ring (bicyclic) bond motifs is 7. The SMILES string of the molecule is Cc1cscc1-c1c2ccccc2c(-c2ccc3[se]c4cccc(-c5c6ccccc6c(-c6cscc6C)c6ccccc56)c4c3c2)c2ccccc12. The summed E-state index contributed by atoms with van der Waals surface area (Å²) in [6.45, 7) is 4.48. The first kappa shape index (κ1) is 31.3. The second-order valence-electron chi connectivity index (χ2n) is 14.1. The Kier molecular flexibility index (Phi) is 7.16. The normalized spacial score (nSPS) is 12.0. The zero-order chi connectivity index (χ0) is 35.2. The fourth-order valence-corrected chi connectivity index (χ4v) is 12.9. The molecule has 3 heteroatoms. The van der Waals surface area contributed by atoms with Gasteiger partial charge < -0.3 is 0 Å². The van der Waals surface area contributed by atoms with Crippen LogP contribution >= 0.6 is 22.7 Å². The van der Waals surface area contributed by atoms with Crippen LogP contribution in [0.5, 0.6) is 0 Å². The zero-order valence-corrected chi connectivity index (χ0v) is 32.6. The number of hydrogen-bond acceptors (Lipinski definition) is 2. The first-order valence-corrected chi connectivity index (χ1v) is 21.6. The molecule has 0 bridgehead atoms. The molecule has 8 aromatic carbocycles. The molecule has 0 spiro atoms. The van der Waals surface area contributed by atoms with Crippen molar-refractivity contribution in [2.75, 3.05) is 0 Å². The van der Waals surface area contributed by atoms with Crippen LogP contribution in [0.4, 0.5) is 0 Å². The van der Waals surface area contributed by atoms with Crippen molar-refractivity contribution in [3.05, 3.63) is 166 Å². The number of rotatable bonds is 4. The van der Waals surface area contributed by atoms with E-state index in [-0.39, 0.29) is 14.5 Å². The molecule has 0 nitrogen and oxygen atoms in total. The van der Waals surface area contributed by atoms with Gasteiger partial charge in [0.1, 0.15) is 0 Å². The van der Waals surface area contributed by atoms with Gasteiger partial charge in [-0.05, 0) is 0 Å². The molecule has 3 heterocycles. The quantitative estimate of drug-likeness (QED) is 0.123. The Morgan fingerprint density at radius 1 is 0.358 bits per heavy atom. The predicted octanol–water partition coefficient (Wildman–Crippen LogP) is 15.1. The van der Waals surface area contributed by atoms with Gasteiger partial charge in [0.25, 0.3) is 0 Å². The molecule has 0 aliphatic carbocycles. The molecular formula is C50H32S2Se. The van der Waals surface area contributed by atoms with Crippen molar-refractivity contribution in [2.24, 2.45) is 0 Å². The monoisotopic (exact) mass is 776 g/mol. The van der Waals surface area contributed by atoms with Crippen molar-refractivity contribution in [1.29, 1.82) is 0 Å². The molecule has 0 saturated carbocycles. The van der Waals surface area contributed by atoms with Crippen molar-refractivity contribution in [1.82, 2.24) is 0 Å². The molecule has 53 heavy (non-hydrogen) atoms. The fraction of sp³-hybridized carbons (Fsp3) is 0.0400. The van der Waals surface area contributed by atoms with Crippen LogP contribution in [0.3, 0.4) is 0 Å². The van der Waals surface area contributed by atoms with E-state index < -0.39 is 0 Å². The van der Waals surface area contributed by atoms with Crippen molar-refractivity contribution in [3.63, 3.8) is 0 Å². The Hall–Kier alpha value is -5.28. The third-order valence-corrected chi connectivity index (χ3v) is 15.3. The van der Waals surface area contributed by atoms with Crippen LogP contribution in [0.15, 0.2) is 155 Å². The van der Waals surface area contributed by atoms with Crippen LogP contribution in [0.2, 0.25) is 0 Å².